The molecule has 2 aromatic rings. The van der Waals surface area contributed by atoms with Crippen LogP contribution in [0.4, 0.5) is 0 Å². The second-order valence-corrected chi connectivity index (χ2v) is 2.00. The topological polar surface area (TPSA) is 56.0 Å². The van der Waals surface area contributed by atoms with Crippen molar-refractivity contribution in [3.63, 3.8) is 0 Å². The average molecular weight is 148 g/mol. The Kier molecular flexibility index (Phi) is 1.18. The zero-order valence-corrected chi connectivity index (χ0v) is 5.52. The van der Waals surface area contributed by atoms with Crippen molar-refractivity contribution in [2.24, 2.45) is 0 Å². The Morgan fingerprint density at radius 3 is 3.00 bits per heavy atom. The van der Waals surface area contributed by atoms with Gasteiger partial charge in [-0.3, -0.25) is 9.78 Å². The van der Waals surface area contributed by atoms with Crippen molar-refractivity contribution in [2.75, 3.05) is 0 Å². The minimum Gasteiger partial charge on any atom is -0.457 e. The van der Waals surface area contributed by atoms with E-state index in [1.54, 1.807) is 6.07 Å². The van der Waals surface area contributed by atoms with Crippen LogP contribution in [0.25, 0.3) is 11.1 Å². The third-order valence-corrected chi connectivity index (χ3v) is 1.31. The van der Waals surface area contributed by atoms with Crippen molar-refractivity contribution in [3.05, 3.63) is 35.1 Å². The molecule has 0 amide bonds. The third-order valence-electron chi connectivity index (χ3n) is 1.31. The molecule has 0 aliphatic rings. The SMILES string of the molecule is O=c1nccnc2ccoc12. The van der Waals surface area contributed by atoms with Gasteiger partial charge < -0.3 is 4.42 Å². The largest absolute Gasteiger partial charge is 0.457 e. The third kappa shape index (κ3) is 0.881. The predicted molar refractivity (Wildman–Crippen MR) is 38.1 cm³/mol. The smallest absolute Gasteiger partial charge is 0.314 e. The first-order valence-corrected chi connectivity index (χ1v) is 3.06. The standard InChI is InChI=1S/C7H4N2O2/c10-7-6-5(1-4-11-6)8-2-3-9-7/h1-4H. The highest BCUT2D eigenvalue weighted by atomic mass is 16.3. The molecule has 0 atom stereocenters. The van der Waals surface area contributed by atoms with Gasteiger partial charge in [0.15, 0.2) is 0 Å². The average Bonchev–Trinajstić information content (AvgIpc) is 2.40. The first kappa shape index (κ1) is 6.03. The minimum absolute atomic E-state index is 0.204. The molecule has 0 fully saturated rings. The number of fused-ring (bicyclic) bond motifs is 1. The molecule has 0 spiro atoms. The predicted octanol–water partition coefficient (Wildman–Crippen LogP) is 0.583. The number of hydrogen-bond acceptors (Lipinski definition) is 4. The molecule has 0 radical (unpaired) electrons. The highest BCUT2D eigenvalue weighted by Gasteiger charge is 1.98. The van der Waals surface area contributed by atoms with E-state index in [4.69, 9.17) is 4.42 Å². The lowest BCUT2D eigenvalue weighted by atomic mass is 10.5. The Morgan fingerprint density at radius 2 is 2.09 bits per heavy atom. The maximum Gasteiger partial charge on any atom is 0.314 e. The molecule has 0 saturated carbocycles. The first-order valence-electron chi connectivity index (χ1n) is 3.06. The zero-order valence-electron chi connectivity index (χ0n) is 5.52. The van der Waals surface area contributed by atoms with Gasteiger partial charge in [-0.2, -0.15) is 0 Å². The van der Waals surface area contributed by atoms with Gasteiger partial charge in [-0.25, -0.2) is 4.98 Å². The fourth-order valence-corrected chi connectivity index (χ4v) is 0.837. The highest BCUT2D eigenvalue weighted by molar-refractivity contribution is 5.69. The van der Waals surface area contributed by atoms with Crippen molar-refractivity contribution in [1.29, 1.82) is 0 Å². The Labute approximate surface area is 61.5 Å². The fraction of sp³-hybridized carbons (Fsp3) is 0. The van der Waals surface area contributed by atoms with E-state index in [0.29, 0.717) is 5.52 Å². The van der Waals surface area contributed by atoms with Gasteiger partial charge in [-0.1, -0.05) is 0 Å². The molecule has 0 unspecified atom stereocenters. The van der Waals surface area contributed by atoms with Crippen LogP contribution in [-0.2, 0) is 0 Å². The number of hydrogen-bond donors (Lipinski definition) is 0. The molecule has 0 saturated heterocycles. The van der Waals surface area contributed by atoms with Crippen molar-refractivity contribution in [3.8, 4) is 0 Å². The van der Waals surface area contributed by atoms with Crippen LogP contribution in [0.1, 0.15) is 0 Å². The summed E-state index contributed by atoms with van der Waals surface area (Å²) in [6.45, 7) is 0. The van der Waals surface area contributed by atoms with Gasteiger partial charge in [0.05, 0.1) is 6.26 Å². The Morgan fingerprint density at radius 1 is 1.27 bits per heavy atom. The monoisotopic (exact) mass is 148 g/mol. The van der Waals surface area contributed by atoms with Crippen molar-refractivity contribution in [2.45, 2.75) is 0 Å². The van der Waals surface area contributed by atoms with Crippen molar-refractivity contribution in [1.82, 2.24) is 9.97 Å². The molecular formula is C7H4N2O2. The van der Waals surface area contributed by atoms with E-state index < -0.39 is 0 Å². The molecule has 4 nitrogen and oxygen atoms in total. The summed E-state index contributed by atoms with van der Waals surface area (Å²) < 4.78 is 4.87. The van der Waals surface area contributed by atoms with Gasteiger partial charge in [-0.05, 0) is 0 Å². The van der Waals surface area contributed by atoms with Crippen LogP contribution in [0.5, 0.6) is 0 Å². The molecule has 11 heavy (non-hydrogen) atoms. The molecular weight excluding hydrogens is 144 g/mol. The van der Waals surface area contributed by atoms with Gasteiger partial charge in [0.2, 0.25) is 5.58 Å². The molecule has 2 aromatic heterocycles. The summed E-state index contributed by atoms with van der Waals surface area (Å²) in [6.07, 6.45) is 4.22. The molecule has 2 heterocycles. The van der Waals surface area contributed by atoms with E-state index >= 15 is 0 Å². The molecule has 0 aliphatic heterocycles. The number of aromatic nitrogens is 2. The summed E-state index contributed by atoms with van der Waals surface area (Å²) in [7, 11) is 0. The zero-order chi connectivity index (χ0) is 7.68. The summed E-state index contributed by atoms with van der Waals surface area (Å²) in [5.41, 5.74) is 0.352. The normalized spacial score (nSPS) is 10.2. The van der Waals surface area contributed by atoms with E-state index in [9.17, 15) is 4.79 Å². The quantitative estimate of drug-likeness (QED) is 0.548. The van der Waals surface area contributed by atoms with E-state index in [2.05, 4.69) is 9.97 Å². The second-order valence-electron chi connectivity index (χ2n) is 2.00. The molecule has 54 valence electrons. The number of furan rings is 1. The molecule has 2 rings (SSSR count). The molecule has 0 aromatic carbocycles. The Balaban J connectivity index is 3.09. The van der Waals surface area contributed by atoms with Gasteiger partial charge in [-0.15, -0.1) is 0 Å². The maximum atomic E-state index is 11.0. The lowest BCUT2D eigenvalue weighted by molar-refractivity contribution is 0.611. The Hall–Kier alpha value is -1.71. The second kappa shape index (κ2) is 2.16. The fourth-order valence-electron chi connectivity index (χ4n) is 0.837. The summed E-state index contributed by atoms with van der Waals surface area (Å²) in [6, 6.07) is 1.62. The summed E-state index contributed by atoms with van der Waals surface area (Å²) in [4.78, 5) is 18.4. The first-order chi connectivity index (χ1) is 5.38. The Bertz CT molecular complexity index is 435. The van der Waals surface area contributed by atoms with Crippen LogP contribution in [0, 0.1) is 0 Å². The molecule has 0 bridgehead atoms. The van der Waals surface area contributed by atoms with Crippen molar-refractivity contribution >= 4 is 11.1 Å². The van der Waals surface area contributed by atoms with Gasteiger partial charge in [0, 0.05) is 18.5 Å². The van der Waals surface area contributed by atoms with Crippen LogP contribution in [0.2, 0.25) is 0 Å². The van der Waals surface area contributed by atoms with Crippen LogP contribution in [0.3, 0.4) is 0 Å². The van der Waals surface area contributed by atoms with Crippen LogP contribution in [-0.4, -0.2) is 9.97 Å². The van der Waals surface area contributed by atoms with E-state index in [1.165, 1.54) is 18.7 Å². The lowest BCUT2D eigenvalue weighted by Crippen LogP contribution is -1.98. The van der Waals surface area contributed by atoms with Gasteiger partial charge in [0.25, 0.3) is 0 Å². The number of rotatable bonds is 0. The van der Waals surface area contributed by atoms with E-state index in [1.807, 2.05) is 0 Å². The van der Waals surface area contributed by atoms with E-state index in [0.717, 1.165) is 0 Å². The summed E-state index contributed by atoms with van der Waals surface area (Å²) >= 11 is 0. The van der Waals surface area contributed by atoms with Gasteiger partial charge in [0.1, 0.15) is 5.52 Å². The molecule has 4 heteroatoms. The molecule has 0 aliphatic carbocycles. The van der Waals surface area contributed by atoms with E-state index in [-0.39, 0.29) is 11.1 Å². The van der Waals surface area contributed by atoms with Crippen LogP contribution < -0.4 is 5.56 Å². The maximum absolute atomic E-state index is 11.0. The van der Waals surface area contributed by atoms with Crippen LogP contribution in [0.15, 0.2) is 33.9 Å². The number of nitrogens with zero attached hydrogens (tertiary/aromatic N) is 2. The van der Waals surface area contributed by atoms with Crippen LogP contribution >= 0.6 is 0 Å². The van der Waals surface area contributed by atoms with Crippen molar-refractivity contribution < 1.29 is 4.42 Å². The summed E-state index contributed by atoms with van der Waals surface area (Å²) in [5, 5.41) is 0. The summed E-state index contributed by atoms with van der Waals surface area (Å²) in [5.74, 6) is 0. The minimum atomic E-state index is -0.387. The van der Waals surface area contributed by atoms with Gasteiger partial charge >= 0.3 is 5.56 Å². The highest BCUT2D eigenvalue weighted by Crippen LogP contribution is 2.03. The molecule has 0 N–H and O–H groups in total. The lowest BCUT2D eigenvalue weighted by Gasteiger charge is -1.71.